The van der Waals surface area contributed by atoms with Crippen molar-refractivity contribution in [3.8, 4) is 11.8 Å². The van der Waals surface area contributed by atoms with Crippen LogP contribution in [0, 0.1) is 21.4 Å². The average Bonchev–Trinajstić information content (AvgIpc) is 2.72. The summed E-state index contributed by atoms with van der Waals surface area (Å²) in [6.45, 7) is 0.0352. The number of non-ortho nitro benzene ring substituents is 1. The Labute approximate surface area is 164 Å². The number of nitro benzene ring substituents is 1. The zero-order chi connectivity index (χ0) is 20.8. The van der Waals surface area contributed by atoms with Crippen molar-refractivity contribution in [2.75, 3.05) is 5.32 Å². The SMILES string of the molecule is N#Cc1ccc(Nc2nccc(C(N)=O)n2)cc1OCc1cccc([N+](=O)[O-])c1. The molecule has 10 heteroatoms. The fraction of sp³-hybridized carbons (Fsp3) is 0.0526. The van der Waals surface area contributed by atoms with Gasteiger partial charge in [0, 0.05) is 30.1 Å². The maximum absolute atomic E-state index is 11.2. The van der Waals surface area contributed by atoms with Crippen molar-refractivity contribution in [3.63, 3.8) is 0 Å². The Kier molecular flexibility index (Phi) is 5.61. The van der Waals surface area contributed by atoms with Crippen LogP contribution in [0.1, 0.15) is 21.6 Å². The Morgan fingerprint density at radius 2 is 2.10 bits per heavy atom. The highest BCUT2D eigenvalue weighted by molar-refractivity contribution is 5.90. The average molecular weight is 390 g/mol. The van der Waals surface area contributed by atoms with Crippen LogP contribution < -0.4 is 15.8 Å². The molecular weight excluding hydrogens is 376 g/mol. The summed E-state index contributed by atoms with van der Waals surface area (Å²) >= 11 is 0. The van der Waals surface area contributed by atoms with Crippen molar-refractivity contribution in [1.82, 2.24) is 9.97 Å². The van der Waals surface area contributed by atoms with Gasteiger partial charge in [0.05, 0.1) is 10.5 Å². The van der Waals surface area contributed by atoms with E-state index >= 15 is 0 Å². The number of benzene rings is 2. The zero-order valence-corrected chi connectivity index (χ0v) is 14.9. The number of nitrogens with two attached hydrogens (primary N) is 1. The first-order valence-electron chi connectivity index (χ1n) is 8.26. The Balaban J connectivity index is 1.79. The number of nitrogens with one attached hydrogen (secondary N) is 1. The number of hydrogen-bond acceptors (Lipinski definition) is 8. The number of anilines is 2. The maximum Gasteiger partial charge on any atom is 0.269 e. The predicted octanol–water partition coefficient (Wildman–Crippen LogP) is 2.68. The second-order valence-corrected chi connectivity index (χ2v) is 5.79. The molecule has 144 valence electrons. The molecule has 0 aliphatic carbocycles. The van der Waals surface area contributed by atoms with E-state index in [2.05, 4.69) is 15.3 Å². The zero-order valence-electron chi connectivity index (χ0n) is 14.9. The molecule has 1 heterocycles. The van der Waals surface area contributed by atoms with Crippen molar-refractivity contribution in [3.05, 3.63) is 81.7 Å². The van der Waals surface area contributed by atoms with Crippen LogP contribution in [0.3, 0.4) is 0 Å². The predicted molar refractivity (Wildman–Crippen MR) is 102 cm³/mol. The summed E-state index contributed by atoms with van der Waals surface area (Å²) in [5.74, 6) is -0.262. The molecule has 0 aliphatic heterocycles. The van der Waals surface area contributed by atoms with E-state index in [0.717, 1.165) is 0 Å². The van der Waals surface area contributed by atoms with Crippen LogP contribution in [-0.4, -0.2) is 20.8 Å². The summed E-state index contributed by atoms with van der Waals surface area (Å²) < 4.78 is 5.69. The highest BCUT2D eigenvalue weighted by Gasteiger charge is 2.10. The summed E-state index contributed by atoms with van der Waals surface area (Å²) in [6.07, 6.45) is 1.39. The monoisotopic (exact) mass is 390 g/mol. The lowest BCUT2D eigenvalue weighted by atomic mass is 10.2. The van der Waals surface area contributed by atoms with E-state index in [1.54, 1.807) is 30.3 Å². The second-order valence-electron chi connectivity index (χ2n) is 5.79. The molecule has 0 bridgehead atoms. The molecular formula is C19H14N6O4. The topological polar surface area (TPSA) is 157 Å². The number of rotatable bonds is 7. The lowest BCUT2D eigenvalue weighted by Crippen LogP contribution is -2.14. The van der Waals surface area contributed by atoms with Gasteiger partial charge in [-0.15, -0.1) is 0 Å². The van der Waals surface area contributed by atoms with Crippen LogP contribution in [0.2, 0.25) is 0 Å². The number of aromatic nitrogens is 2. The van der Waals surface area contributed by atoms with Crippen LogP contribution in [0.5, 0.6) is 5.75 Å². The van der Waals surface area contributed by atoms with E-state index in [1.165, 1.54) is 24.4 Å². The minimum atomic E-state index is -0.684. The van der Waals surface area contributed by atoms with Crippen LogP contribution >= 0.6 is 0 Å². The van der Waals surface area contributed by atoms with E-state index in [0.29, 0.717) is 11.3 Å². The number of hydrogen-bond donors (Lipinski definition) is 2. The number of nitrogens with zero attached hydrogens (tertiary/aromatic N) is 4. The molecule has 0 fully saturated rings. The van der Waals surface area contributed by atoms with Gasteiger partial charge in [-0.2, -0.15) is 5.26 Å². The van der Waals surface area contributed by atoms with Gasteiger partial charge in [-0.1, -0.05) is 12.1 Å². The van der Waals surface area contributed by atoms with Crippen molar-refractivity contribution in [1.29, 1.82) is 5.26 Å². The Bertz CT molecular complexity index is 1130. The smallest absolute Gasteiger partial charge is 0.269 e. The first-order valence-corrected chi connectivity index (χ1v) is 8.26. The summed E-state index contributed by atoms with van der Waals surface area (Å²) in [4.78, 5) is 29.6. The lowest BCUT2D eigenvalue weighted by molar-refractivity contribution is -0.384. The lowest BCUT2D eigenvalue weighted by Gasteiger charge is -2.11. The van der Waals surface area contributed by atoms with E-state index in [1.807, 2.05) is 6.07 Å². The number of carbonyl (C=O) groups excluding carboxylic acids is 1. The van der Waals surface area contributed by atoms with Crippen LogP contribution in [0.15, 0.2) is 54.7 Å². The number of carbonyl (C=O) groups is 1. The molecule has 29 heavy (non-hydrogen) atoms. The third kappa shape index (κ3) is 4.81. The van der Waals surface area contributed by atoms with E-state index < -0.39 is 10.8 Å². The summed E-state index contributed by atoms with van der Waals surface area (Å²) in [5, 5.41) is 23.1. The highest BCUT2D eigenvalue weighted by atomic mass is 16.6. The molecule has 10 nitrogen and oxygen atoms in total. The minimum absolute atomic E-state index is 0.0352. The third-order valence-corrected chi connectivity index (χ3v) is 3.78. The normalized spacial score (nSPS) is 10.0. The molecule has 0 saturated carbocycles. The van der Waals surface area contributed by atoms with E-state index in [9.17, 15) is 20.2 Å². The standard InChI is InChI=1S/C19H14N6O4/c20-10-13-4-5-14(23-19-22-7-6-16(24-19)18(21)26)9-17(13)29-11-12-2-1-3-15(8-12)25(27)28/h1-9H,11H2,(H2,21,26)(H,22,23,24). The van der Waals surface area contributed by atoms with Gasteiger partial charge in [-0.05, 0) is 23.8 Å². The molecule has 0 aliphatic rings. The minimum Gasteiger partial charge on any atom is -0.487 e. The molecule has 3 aromatic rings. The highest BCUT2D eigenvalue weighted by Crippen LogP contribution is 2.26. The van der Waals surface area contributed by atoms with Gasteiger partial charge in [0.1, 0.15) is 24.1 Å². The number of primary amides is 1. The second kappa shape index (κ2) is 8.45. The van der Waals surface area contributed by atoms with Gasteiger partial charge in [0.25, 0.3) is 11.6 Å². The molecule has 0 spiro atoms. The Hall–Kier alpha value is -4.52. The molecule has 0 saturated heterocycles. The molecule has 3 rings (SSSR count). The molecule has 0 radical (unpaired) electrons. The third-order valence-electron chi connectivity index (χ3n) is 3.78. The van der Waals surface area contributed by atoms with Gasteiger partial charge in [0.15, 0.2) is 0 Å². The Morgan fingerprint density at radius 3 is 2.83 bits per heavy atom. The fourth-order valence-electron chi connectivity index (χ4n) is 2.42. The van der Waals surface area contributed by atoms with Crippen LogP contribution in [-0.2, 0) is 6.61 Å². The van der Waals surface area contributed by atoms with Crippen LogP contribution in [0.4, 0.5) is 17.3 Å². The van der Waals surface area contributed by atoms with Gasteiger partial charge in [0.2, 0.25) is 5.95 Å². The van der Waals surface area contributed by atoms with Gasteiger partial charge < -0.3 is 15.8 Å². The fourth-order valence-corrected chi connectivity index (χ4v) is 2.42. The maximum atomic E-state index is 11.2. The Morgan fingerprint density at radius 1 is 1.28 bits per heavy atom. The van der Waals surface area contributed by atoms with Crippen molar-refractivity contribution < 1.29 is 14.5 Å². The number of amides is 1. The molecule has 1 amide bonds. The van der Waals surface area contributed by atoms with Gasteiger partial charge in [-0.25, -0.2) is 9.97 Å². The van der Waals surface area contributed by atoms with Gasteiger partial charge >= 0.3 is 0 Å². The summed E-state index contributed by atoms with van der Waals surface area (Å²) in [5.41, 5.74) is 6.59. The first-order chi connectivity index (χ1) is 14.0. The van der Waals surface area contributed by atoms with Crippen molar-refractivity contribution >= 4 is 23.2 Å². The van der Waals surface area contributed by atoms with Gasteiger partial charge in [-0.3, -0.25) is 14.9 Å². The molecule has 1 aromatic heterocycles. The van der Waals surface area contributed by atoms with Crippen LogP contribution in [0.25, 0.3) is 0 Å². The molecule has 0 unspecified atom stereocenters. The number of nitriles is 1. The molecule has 2 aromatic carbocycles. The van der Waals surface area contributed by atoms with E-state index in [-0.39, 0.29) is 35.2 Å². The van der Waals surface area contributed by atoms with E-state index in [4.69, 9.17) is 10.5 Å². The number of nitro groups is 1. The largest absolute Gasteiger partial charge is 0.487 e. The molecule has 3 N–H and O–H groups in total. The first kappa shape index (κ1) is 19.2. The number of ether oxygens (including phenoxy) is 1. The summed E-state index contributed by atoms with van der Waals surface area (Å²) in [6, 6.07) is 14.2. The summed E-state index contributed by atoms with van der Waals surface area (Å²) in [7, 11) is 0. The molecule has 0 atom stereocenters. The van der Waals surface area contributed by atoms with Crippen molar-refractivity contribution in [2.24, 2.45) is 5.73 Å². The quantitative estimate of drug-likeness (QED) is 0.460. The van der Waals surface area contributed by atoms with Crippen molar-refractivity contribution in [2.45, 2.75) is 6.61 Å².